The third kappa shape index (κ3) is 4.41. The molecule has 1 atom stereocenters. The van der Waals surface area contributed by atoms with Crippen molar-refractivity contribution in [2.45, 2.75) is 45.1 Å². The lowest BCUT2D eigenvalue weighted by Gasteiger charge is -2.21. The van der Waals surface area contributed by atoms with Gasteiger partial charge in [0.2, 0.25) is 0 Å². The molecule has 118 valence electrons. The van der Waals surface area contributed by atoms with E-state index in [1.54, 1.807) is 0 Å². The molecule has 1 N–H and O–H groups in total. The summed E-state index contributed by atoms with van der Waals surface area (Å²) >= 11 is 0. The number of halogens is 2. The van der Waals surface area contributed by atoms with E-state index in [4.69, 9.17) is 10.7 Å². The third-order valence-corrected chi connectivity index (χ3v) is 4.84. The lowest BCUT2D eigenvalue weighted by Crippen LogP contribution is -2.38. The van der Waals surface area contributed by atoms with E-state index in [2.05, 4.69) is 5.32 Å². The van der Waals surface area contributed by atoms with E-state index in [1.165, 1.54) is 6.92 Å². The first-order valence-electron chi connectivity index (χ1n) is 6.63. The molecular weight excluding hydrogens is 317 g/mol. The zero-order chi connectivity index (χ0) is 16.4. The molecule has 21 heavy (non-hydrogen) atoms. The molecule has 0 radical (unpaired) electrons. The first-order chi connectivity index (χ1) is 9.57. The SMILES string of the molecule is CCC(NC(=O)c1cc(F)cc(S(=O)(=O)Cl)c1C)C(C)C. The van der Waals surface area contributed by atoms with Gasteiger partial charge >= 0.3 is 0 Å². The highest BCUT2D eigenvalue weighted by Gasteiger charge is 2.23. The largest absolute Gasteiger partial charge is 0.349 e. The summed E-state index contributed by atoms with van der Waals surface area (Å²) in [5.41, 5.74) is 0.121. The van der Waals surface area contributed by atoms with Crippen molar-refractivity contribution in [3.63, 3.8) is 0 Å². The molecule has 0 heterocycles. The Morgan fingerprint density at radius 3 is 2.38 bits per heavy atom. The van der Waals surface area contributed by atoms with E-state index in [9.17, 15) is 17.6 Å². The van der Waals surface area contributed by atoms with E-state index in [0.29, 0.717) is 0 Å². The Morgan fingerprint density at radius 1 is 1.38 bits per heavy atom. The molecule has 1 amide bonds. The monoisotopic (exact) mass is 335 g/mol. The van der Waals surface area contributed by atoms with Gasteiger partial charge in [-0.1, -0.05) is 20.8 Å². The minimum atomic E-state index is -4.11. The number of hydrogen-bond acceptors (Lipinski definition) is 3. The second-order valence-corrected chi connectivity index (χ2v) is 7.78. The molecule has 0 saturated carbocycles. The Morgan fingerprint density at radius 2 is 1.95 bits per heavy atom. The van der Waals surface area contributed by atoms with Crippen LogP contribution >= 0.6 is 10.7 Å². The van der Waals surface area contributed by atoms with Crippen molar-refractivity contribution in [2.75, 3.05) is 0 Å². The lowest BCUT2D eigenvalue weighted by molar-refractivity contribution is 0.0923. The number of nitrogens with one attached hydrogen (secondary N) is 1. The Hall–Kier alpha value is -1.14. The van der Waals surface area contributed by atoms with E-state index in [0.717, 1.165) is 18.6 Å². The molecule has 1 aromatic rings. The highest BCUT2D eigenvalue weighted by molar-refractivity contribution is 8.13. The first-order valence-corrected chi connectivity index (χ1v) is 8.94. The lowest BCUT2D eigenvalue weighted by atomic mass is 10.0. The third-order valence-electron chi connectivity index (χ3n) is 3.39. The fourth-order valence-electron chi connectivity index (χ4n) is 2.13. The van der Waals surface area contributed by atoms with Crippen LogP contribution in [-0.2, 0) is 9.05 Å². The summed E-state index contributed by atoms with van der Waals surface area (Å²) in [6.45, 7) is 7.28. The average molecular weight is 336 g/mol. The van der Waals surface area contributed by atoms with Gasteiger partial charge in [0.15, 0.2) is 0 Å². The van der Waals surface area contributed by atoms with Crippen LogP contribution in [0.15, 0.2) is 17.0 Å². The number of benzene rings is 1. The molecule has 0 saturated heterocycles. The summed E-state index contributed by atoms with van der Waals surface area (Å²) in [4.78, 5) is 11.9. The smallest absolute Gasteiger partial charge is 0.261 e. The fraction of sp³-hybridized carbons (Fsp3) is 0.500. The summed E-state index contributed by atoms with van der Waals surface area (Å²) in [6.07, 6.45) is 0.721. The predicted octanol–water partition coefficient (Wildman–Crippen LogP) is 3.23. The summed E-state index contributed by atoms with van der Waals surface area (Å²) < 4.78 is 36.4. The van der Waals surface area contributed by atoms with Crippen LogP contribution in [-0.4, -0.2) is 20.4 Å². The van der Waals surface area contributed by atoms with Crippen LogP contribution in [0.3, 0.4) is 0 Å². The quantitative estimate of drug-likeness (QED) is 0.840. The maximum atomic E-state index is 13.6. The molecule has 0 spiro atoms. The molecule has 0 aliphatic rings. The Labute approximate surface area is 129 Å². The van der Waals surface area contributed by atoms with Crippen LogP contribution in [0.2, 0.25) is 0 Å². The van der Waals surface area contributed by atoms with Crippen molar-refractivity contribution >= 4 is 25.6 Å². The van der Waals surface area contributed by atoms with Gasteiger partial charge in [0.05, 0.1) is 4.90 Å². The van der Waals surface area contributed by atoms with E-state index < -0.39 is 20.8 Å². The van der Waals surface area contributed by atoms with Crippen LogP contribution in [0.5, 0.6) is 0 Å². The number of carbonyl (C=O) groups excluding carboxylic acids is 1. The summed E-state index contributed by atoms with van der Waals surface area (Å²) in [5.74, 6) is -1.11. The average Bonchev–Trinajstić information content (AvgIpc) is 2.36. The number of amides is 1. The molecule has 0 aromatic heterocycles. The van der Waals surface area contributed by atoms with Crippen molar-refractivity contribution in [1.82, 2.24) is 5.32 Å². The fourth-order valence-corrected chi connectivity index (χ4v) is 3.34. The van der Waals surface area contributed by atoms with Crippen LogP contribution in [0.4, 0.5) is 4.39 Å². The van der Waals surface area contributed by atoms with Gasteiger partial charge < -0.3 is 5.32 Å². The van der Waals surface area contributed by atoms with Crippen LogP contribution in [0.25, 0.3) is 0 Å². The predicted molar refractivity (Wildman–Crippen MR) is 80.6 cm³/mol. The second-order valence-electron chi connectivity index (χ2n) is 5.25. The van der Waals surface area contributed by atoms with Crippen molar-refractivity contribution in [1.29, 1.82) is 0 Å². The summed E-state index contributed by atoms with van der Waals surface area (Å²) in [6, 6.07) is 1.76. The zero-order valence-electron chi connectivity index (χ0n) is 12.4. The van der Waals surface area contributed by atoms with Crippen molar-refractivity contribution in [2.24, 2.45) is 5.92 Å². The minimum absolute atomic E-state index is 0.0201. The Balaban J connectivity index is 3.25. The van der Waals surface area contributed by atoms with E-state index >= 15 is 0 Å². The van der Waals surface area contributed by atoms with Crippen LogP contribution in [0, 0.1) is 18.7 Å². The number of rotatable bonds is 5. The second kappa shape index (κ2) is 6.75. The standard InChI is InChI=1S/C14H19ClFNO3S/c1-5-12(8(2)3)17-14(18)11-6-10(16)7-13(9(11)4)21(15,19)20/h6-8,12H,5H2,1-4H3,(H,17,18). The topological polar surface area (TPSA) is 63.2 Å². The van der Waals surface area contributed by atoms with Gasteiger partial charge in [-0.25, -0.2) is 12.8 Å². The highest BCUT2D eigenvalue weighted by Crippen LogP contribution is 2.24. The van der Waals surface area contributed by atoms with Crippen LogP contribution < -0.4 is 5.32 Å². The molecule has 1 unspecified atom stereocenters. The molecule has 0 aliphatic heterocycles. The molecule has 0 aliphatic carbocycles. The number of carbonyl (C=O) groups is 1. The van der Waals surface area contributed by atoms with Gasteiger partial charge in [0.1, 0.15) is 5.82 Å². The number of hydrogen-bond donors (Lipinski definition) is 1. The Kier molecular flexibility index (Phi) is 5.75. The zero-order valence-corrected chi connectivity index (χ0v) is 14.0. The highest BCUT2D eigenvalue weighted by atomic mass is 35.7. The van der Waals surface area contributed by atoms with Crippen LogP contribution in [0.1, 0.15) is 43.1 Å². The molecule has 7 heteroatoms. The van der Waals surface area contributed by atoms with Crippen molar-refractivity contribution in [3.8, 4) is 0 Å². The summed E-state index contributed by atoms with van der Waals surface area (Å²) in [5, 5.41) is 2.79. The van der Waals surface area contributed by atoms with Gasteiger partial charge in [-0.05, 0) is 37.0 Å². The maximum absolute atomic E-state index is 13.6. The van der Waals surface area contributed by atoms with Crippen molar-refractivity contribution in [3.05, 3.63) is 29.1 Å². The Bertz CT molecular complexity index is 644. The molecule has 4 nitrogen and oxygen atoms in total. The van der Waals surface area contributed by atoms with Gasteiger partial charge in [-0.15, -0.1) is 0 Å². The van der Waals surface area contributed by atoms with E-state index in [1.807, 2.05) is 20.8 Å². The maximum Gasteiger partial charge on any atom is 0.261 e. The van der Waals surface area contributed by atoms with Gasteiger partial charge in [-0.2, -0.15) is 0 Å². The molecule has 0 fully saturated rings. The van der Waals surface area contributed by atoms with Gasteiger partial charge in [0, 0.05) is 22.3 Å². The molecule has 1 aromatic carbocycles. The normalized spacial score (nSPS) is 13.3. The van der Waals surface area contributed by atoms with Crippen molar-refractivity contribution < 1.29 is 17.6 Å². The summed E-state index contributed by atoms with van der Waals surface area (Å²) in [7, 11) is 1.16. The van der Waals surface area contributed by atoms with E-state index in [-0.39, 0.29) is 28.0 Å². The first kappa shape index (κ1) is 17.9. The van der Waals surface area contributed by atoms with Gasteiger partial charge in [0.25, 0.3) is 15.0 Å². The molecule has 1 rings (SSSR count). The van der Waals surface area contributed by atoms with Gasteiger partial charge in [-0.3, -0.25) is 4.79 Å². The minimum Gasteiger partial charge on any atom is -0.349 e. The molecule has 0 bridgehead atoms. The molecular formula is C14H19ClFNO3S.